The highest BCUT2D eigenvalue weighted by Crippen LogP contribution is 2.52. The van der Waals surface area contributed by atoms with Crippen LogP contribution in [0, 0.1) is 17.3 Å². The maximum atomic E-state index is 14.0. The zero-order valence-electron chi connectivity index (χ0n) is 15.3. The Morgan fingerprint density at radius 1 is 1.30 bits per heavy atom. The maximum Gasteiger partial charge on any atom is 0.439 e. The third kappa shape index (κ3) is 3.25. The van der Waals surface area contributed by atoms with Gasteiger partial charge in [0.2, 0.25) is 0 Å². The summed E-state index contributed by atoms with van der Waals surface area (Å²) in [7, 11) is 0. The molecule has 1 aromatic carbocycles. The molecule has 0 saturated heterocycles. The van der Waals surface area contributed by atoms with Gasteiger partial charge in [0.05, 0.1) is 16.5 Å². The van der Waals surface area contributed by atoms with Gasteiger partial charge < -0.3 is 5.11 Å². The van der Waals surface area contributed by atoms with E-state index in [9.17, 15) is 23.1 Å². The van der Waals surface area contributed by atoms with Crippen LogP contribution in [0.5, 0.6) is 0 Å². The summed E-state index contributed by atoms with van der Waals surface area (Å²) >= 11 is 5.98. The van der Waals surface area contributed by atoms with E-state index in [2.05, 4.69) is 5.10 Å². The van der Waals surface area contributed by atoms with E-state index in [0.29, 0.717) is 12.8 Å². The number of benzene rings is 1. The summed E-state index contributed by atoms with van der Waals surface area (Å²) in [6.45, 7) is 5.90. The summed E-state index contributed by atoms with van der Waals surface area (Å²) in [4.78, 5) is 12.8. The zero-order valence-corrected chi connectivity index (χ0v) is 16.1. The van der Waals surface area contributed by atoms with Crippen molar-refractivity contribution in [2.24, 2.45) is 22.4 Å². The maximum absolute atomic E-state index is 14.0. The van der Waals surface area contributed by atoms with Gasteiger partial charge in [-0.2, -0.15) is 23.3 Å². The number of halogens is 4. The van der Waals surface area contributed by atoms with Crippen LogP contribution in [0.4, 0.5) is 13.2 Å². The zero-order chi connectivity index (χ0) is 20.2. The van der Waals surface area contributed by atoms with Gasteiger partial charge in [-0.3, -0.25) is 4.79 Å². The number of amides is 1. The molecule has 0 bridgehead atoms. The Morgan fingerprint density at radius 3 is 2.48 bits per heavy atom. The third-order valence-corrected chi connectivity index (χ3v) is 5.98. The van der Waals surface area contributed by atoms with Crippen molar-refractivity contribution in [1.29, 1.82) is 0 Å². The first kappa shape index (κ1) is 20.1. The predicted octanol–water partition coefficient (Wildman–Crippen LogP) is 4.87. The van der Waals surface area contributed by atoms with E-state index in [4.69, 9.17) is 11.6 Å². The molecule has 1 saturated carbocycles. The molecule has 0 radical (unpaired) electrons. The van der Waals surface area contributed by atoms with Crippen molar-refractivity contribution in [2.75, 3.05) is 0 Å². The second kappa shape index (κ2) is 6.48. The van der Waals surface area contributed by atoms with Gasteiger partial charge in [0.1, 0.15) is 0 Å². The number of carbonyl (C=O) groups excluding carboxylic acids is 1. The van der Waals surface area contributed by atoms with Crippen molar-refractivity contribution in [2.45, 2.75) is 51.9 Å². The summed E-state index contributed by atoms with van der Waals surface area (Å²) in [5.74, 6) is -2.36. The Hall–Kier alpha value is -1.60. The average molecular weight is 403 g/mol. The lowest BCUT2D eigenvalue weighted by Gasteiger charge is -2.42. The fourth-order valence-corrected chi connectivity index (χ4v) is 4.17. The molecule has 1 aliphatic heterocycles. The van der Waals surface area contributed by atoms with E-state index in [1.165, 1.54) is 18.2 Å². The highest BCUT2D eigenvalue weighted by atomic mass is 35.5. The van der Waals surface area contributed by atoms with Crippen molar-refractivity contribution >= 4 is 23.2 Å². The topological polar surface area (TPSA) is 52.9 Å². The van der Waals surface area contributed by atoms with Crippen LogP contribution in [0.15, 0.2) is 29.4 Å². The Morgan fingerprint density at radius 2 is 1.93 bits per heavy atom. The number of carbonyl (C=O) groups is 1. The molecule has 1 fully saturated rings. The minimum Gasteiger partial charge on any atom is -0.362 e. The molecular formula is C19H22ClF3N2O2. The standard InChI is InChI=1S/C19H22ClF3N2O2/c1-17(2,3)11-8-9-15-13(10-11)18(27,19(21,22)23)25(24-15)16(26)12-6-4-5-7-14(12)20/h4-7,11,13,27H,8-10H2,1-3H3/t11-,13-,18-/m1/s1. The van der Waals surface area contributed by atoms with Crippen LogP contribution in [0.1, 0.15) is 50.4 Å². The molecule has 8 heteroatoms. The molecule has 1 N–H and O–H groups in total. The molecule has 1 amide bonds. The highest BCUT2D eigenvalue weighted by molar-refractivity contribution is 6.33. The van der Waals surface area contributed by atoms with Crippen LogP contribution in [-0.4, -0.2) is 33.6 Å². The monoisotopic (exact) mass is 402 g/mol. The predicted molar refractivity (Wildman–Crippen MR) is 96.3 cm³/mol. The molecular weight excluding hydrogens is 381 g/mol. The van der Waals surface area contributed by atoms with Crippen LogP contribution >= 0.6 is 11.6 Å². The molecule has 0 aromatic heterocycles. The van der Waals surface area contributed by atoms with Crippen molar-refractivity contribution in [3.8, 4) is 0 Å². The lowest BCUT2D eigenvalue weighted by molar-refractivity contribution is -0.314. The number of nitrogens with zero attached hydrogens (tertiary/aromatic N) is 2. The van der Waals surface area contributed by atoms with Crippen molar-refractivity contribution in [3.05, 3.63) is 34.9 Å². The first-order valence-corrected chi connectivity index (χ1v) is 9.20. The second-order valence-electron chi connectivity index (χ2n) is 8.30. The molecule has 0 spiro atoms. The Kier molecular flexibility index (Phi) is 4.84. The smallest absolute Gasteiger partial charge is 0.362 e. The minimum atomic E-state index is -5.06. The summed E-state index contributed by atoms with van der Waals surface area (Å²) in [5, 5.41) is 14.9. The van der Waals surface area contributed by atoms with E-state index < -0.39 is 23.7 Å². The second-order valence-corrected chi connectivity index (χ2v) is 8.71. The van der Waals surface area contributed by atoms with Crippen molar-refractivity contribution in [1.82, 2.24) is 5.01 Å². The number of hydrazone groups is 1. The quantitative estimate of drug-likeness (QED) is 0.729. The first-order chi connectivity index (χ1) is 12.4. The molecule has 148 valence electrons. The van der Waals surface area contributed by atoms with Gasteiger partial charge in [0.25, 0.3) is 11.6 Å². The number of rotatable bonds is 1. The van der Waals surface area contributed by atoms with E-state index in [1.807, 2.05) is 20.8 Å². The Labute approximate surface area is 161 Å². The van der Waals surface area contributed by atoms with Gasteiger partial charge in [-0.05, 0) is 42.7 Å². The van der Waals surface area contributed by atoms with Gasteiger partial charge in [0, 0.05) is 5.71 Å². The van der Waals surface area contributed by atoms with Crippen LogP contribution < -0.4 is 0 Å². The van der Waals surface area contributed by atoms with Crippen molar-refractivity contribution in [3.63, 3.8) is 0 Å². The van der Waals surface area contributed by atoms with Crippen LogP contribution in [-0.2, 0) is 0 Å². The lowest BCUT2D eigenvalue weighted by atomic mass is 9.66. The Bertz CT molecular complexity index is 788. The van der Waals surface area contributed by atoms with E-state index >= 15 is 0 Å². The summed E-state index contributed by atoms with van der Waals surface area (Å²) in [6, 6.07) is 5.80. The highest BCUT2D eigenvalue weighted by Gasteiger charge is 2.69. The lowest BCUT2D eigenvalue weighted by Crippen LogP contribution is -2.62. The largest absolute Gasteiger partial charge is 0.439 e. The third-order valence-electron chi connectivity index (χ3n) is 5.65. The number of fused-ring (bicyclic) bond motifs is 1. The normalized spacial score (nSPS) is 28.7. The summed E-state index contributed by atoms with van der Waals surface area (Å²) < 4.78 is 42.0. The molecule has 4 nitrogen and oxygen atoms in total. The number of alkyl halides is 3. The average Bonchev–Trinajstić information content (AvgIpc) is 2.87. The van der Waals surface area contributed by atoms with Gasteiger partial charge in [-0.1, -0.05) is 44.5 Å². The van der Waals surface area contributed by atoms with Crippen LogP contribution in [0.3, 0.4) is 0 Å². The molecule has 1 aliphatic carbocycles. The van der Waals surface area contributed by atoms with E-state index in [1.54, 1.807) is 6.07 Å². The molecule has 3 rings (SSSR count). The number of hydrogen-bond donors (Lipinski definition) is 1. The van der Waals surface area contributed by atoms with Gasteiger partial charge in [0.15, 0.2) is 0 Å². The molecule has 0 unspecified atom stereocenters. The van der Waals surface area contributed by atoms with Gasteiger partial charge >= 0.3 is 6.18 Å². The molecule has 1 heterocycles. The SMILES string of the molecule is CC(C)(C)[C@@H]1CCC2=NN(C(=O)c3ccccc3Cl)[C@](O)(C(F)(F)F)[C@@H]2C1. The molecule has 1 aromatic rings. The van der Waals surface area contributed by atoms with Crippen LogP contribution in [0.25, 0.3) is 0 Å². The fraction of sp³-hybridized carbons (Fsp3) is 0.579. The van der Waals surface area contributed by atoms with E-state index in [0.717, 1.165) is 0 Å². The van der Waals surface area contributed by atoms with E-state index in [-0.39, 0.29) is 39.1 Å². The minimum absolute atomic E-state index is 0.00895. The summed E-state index contributed by atoms with van der Waals surface area (Å²) in [6.07, 6.45) is -3.96. The Balaban J connectivity index is 2.04. The van der Waals surface area contributed by atoms with Gasteiger partial charge in [-0.15, -0.1) is 0 Å². The summed E-state index contributed by atoms with van der Waals surface area (Å²) in [5.41, 5.74) is -3.49. The number of hydrogen-bond acceptors (Lipinski definition) is 3. The molecule has 27 heavy (non-hydrogen) atoms. The van der Waals surface area contributed by atoms with Crippen LogP contribution in [0.2, 0.25) is 5.02 Å². The number of aliphatic hydroxyl groups is 1. The molecule has 3 atom stereocenters. The fourth-order valence-electron chi connectivity index (χ4n) is 3.96. The van der Waals surface area contributed by atoms with Gasteiger partial charge in [-0.25, -0.2) is 0 Å². The first-order valence-electron chi connectivity index (χ1n) is 8.83. The molecule has 2 aliphatic rings. The van der Waals surface area contributed by atoms with Crippen molar-refractivity contribution < 1.29 is 23.1 Å².